The van der Waals surface area contributed by atoms with Crippen molar-refractivity contribution in [3.05, 3.63) is 29.8 Å². The van der Waals surface area contributed by atoms with E-state index in [9.17, 15) is 4.79 Å². The third kappa shape index (κ3) is 3.53. The first-order valence-corrected chi connectivity index (χ1v) is 7.32. The van der Waals surface area contributed by atoms with Gasteiger partial charge in [0, 0.05) is 24.2 Å². The Hall–Kier alpha value is -1.06. The number of halogens is 1. The molecule has 0 saturated carbocycles. The molecule has 1 amide bonds. The number of rotatable bonds is 3. The van der Waals surface area contributed by atoms with Crippen molar-refractivity contribution in [2.75, 3.05) is 5.32 Å². The SMILES string of the molecule is Cc1ccccc1NC(=O)CC1CC2CCC(C1)N2.Cl. The maximum Gasteiger partial charge on any atom is 0.224 e. The van der Waals surface area contributed by atoms with E-state index in [4.69, 9.17) is 0 Å². The van der Waals surface area contributed by atoms with E-state index < -0.39 is 0 Å². The number of anilines is 1. The highest BCUT2D eigenvalue weighted by molar-refractivity contribution is 5.91. The summed E-state index contributed by atoms with van der Waals surface area (Å²) in [7, 11) is 0. The first-order valence-electron chi connectivity index (χ1n) is 7.32. The van der Waals surface area contributed by atoms with Gasteiger partial charge in [-0.25, -0.2) is 0 Å². The number of benzene rings is 1. The summed E-state index contributed by atoms with van der Waals surface area (Å²) < 4.78 is 0. The van der Waals surface area contributed by atoms with Crippen molar-refractivity contribution >= 4 is 24.0 Å². The summed E-state index contributed by atoms with van der Waals surface area (Å²) in [6.45, 7) is 2.03. The summed E-state index contributed by atoms with van der Waals surface area (Å²) in [5.41, 5.74) is 2.07. The predicted molar refractivity (Wildman–Crippen MR) is 84.3 cm³/mol. The van der Waals surface area contributed by atoms with Crippen LogP contribution in [0.25, 0.3) is 0 Å². The largest absolute Gasteiger partial charge is 0.326 e. The topological polar surface area (TPSA) is 41.1 Å². The second kappa shape index (κ2) is 6.59. The molecular formula is C16H23ClN2O. The average molecular weight is 295 g/mol. The van der Waals surface area contributed by atoms with Crippen LogP contribution in [0.3, 0.4) is 0 Å². The van der Waals surface area contributed by atoms with Gasteiger partial charge in [0.15, 0.2) is 0 Å². The van der Waals surface area contributed by atoms with Crippen LogP contribution in [0.15, 0.2) is 24.3 Å². The van der Waals surface area contributed by atoms with Gasteiger partial charge in [0.25, 0.3) is 0 Å². The quantitative estimate of drug-likeness (QED) is 0.898. The van der Waals surface area contributed by atoms with Gasteiger partial charge in [-0.15, -0.1) is 12.4 Å². The van der Waals surface area contributed by atoms with E-state index in [1.54, 1.807) is 0 Å². The Bertz CT molecular complexity index is 465. The summed E-state index contributed by atoms with van der Waals surface area (Å²) in [5, 5.41) is 6.67. The molecule has 2 fully saturated rings. The second-order valence-corrected chi connectivity index (χ2v) is 6.04. The van der Waals surface area contributed by atoms with Crippen LogP contribution in [0.4, 0.5) is 5.69 Å². The van der Waals surface area contributed by atoms with Gasteiger partial charge < -0.3 is 10.6 Å². The highest BCUT2D eigenvalue weighted by Crippen LogP contribution is 2.32. The molecule has 110 valence electrons. The van der Waals surface area contributed by atoms with E-state index in [1.165, 1.54) is 12.8 Å². The molecule has 0 aliphatic carbocycles. The molecular weight excluding hydrogens is 272 g/mol. The molecule has 3 rings (SSSR count). The molecule has 0 spiro atoms. The Morgan fingerprint density at radius 2 is 1.90 bits per heavy atom. The number of amides is 1. The summed E-state index contributed by atoms with van der Waals surface area (Å²) in [5.74, 6) is 0.725. The molecule has 1 aromatic carbocycles. The zero-order valence-electron chi connectivity index (χ0n) is 11.9. The lowest BCUT2D eigenvalue weighted by Gasteiger charge is -2.28. The molecule has 2 atom stereocenters. The number of carbonyl (C=O) groups excluding carboxylic acids is 1. The van der Waals surface area contributed by atoms with Crippen molar-refractivity contribution < 1.29 is 4.79 Å². The molecule has 2 bridgehead atoms. The first kappa shape index (κ1) is 15.3. The third-order valence-electron chi connectivity index (χ3n) is 4.46. The average Bonchev–Trinajstić information content (AvgIpc) is 2.72. The minimum Gasteiger partial charge on any atom is -0.326 e. The lowest BCUT2D eigenvalue weighted by atomic mass is 9.89. The van der Waals surface area contributed by atoms with Gasteiger partial charge in [0.1, 0.15) is 0 Å². The lowest BCUT2D eigenvalue weighted by molar-refractivity contribution is -0.117. The fourth-order valence-electron chi connectivity index (χ4n) is 3.52. The van der Waals surface area contributed by atoms with Crippen LogP contribution >= 0.6 is 12.4 Å². The van der Waals surface area contributed by atoms with Crippen LogP contribution in [-0.4, -0.2) is 18.0 Å². The lowest BCUT2D eigenvalue weighted by Crippen LogP contribution is -2.39. The van der Waals surface area contributed by atoms with Crippen LogP contribution in [-0.2, 0) is 4.79 Å². The molecule has 4 heteroatoms. The van der Waals surface area contributed by atoms with E-state index in [2.05, 4.69) is 10.6 Å². The molecule has 2 saturated heterocycles. The van der Waals surface area contributed by atoms with Gasteiger partial charge in [-0.1, -0.05) is 18.2 Å². The molecule has 3 nitrogen and oxygen atoms in total. The highest BCUT2D eigenvalue weighted by Gasteiger charge is 2.34. The molecule has 0 radical (unpaired) electrons. The van der Waals surface area contributed by atoms with E-state index in [1.807, 2.05) is 31.2 Å². The fourth-order valence-corrected chi connectivity index (χ4v) is 3.52. The highest BCUT2D eigenvalue weighted by atomic mass is 35.5. The normalized spacial score (nSPS) is 27.8. The summed E-state index contributed by atoms with van der Waals surface area (Å²) in [6.07, 6.45) is 5.58. The minimum absolute atomic E-state index is 0. The first-order chi connectivity index (χ1) is 9.20. The van der Waals surface area contributed by atoms with Gasteiger partial charge in [-0.2, -0.15) is 0 Å². The summed E-state index contributed by atoms with van der Waals surface area (Å²) in [4.78, 5) is 12.1. The van der Waals surface area contributed by atoms with Crippen molar-refractivity contribution in [1.29, 1.82) is 0 Å². The molecule has 2 aliphatic heterocycles. The van der Waals surface area contributed by atoms with Crippen LogP contribution in [0, 0.1) is 12.8 Å². The van der Waals surface area contributed by atoms with E-state index in [-0.39, 0.29) is 18.3 Å². The summed E-state index contributed by atoms with van der Waals surface area (Å²) in [6, 6.07) is 9.28. The number of fused-ring (bicyclic) bond motifs is 2. The standard InChI is InChI=1S/C16H22N2O.ClH/c1-11-4-2-3-5-15(11)18-16(19)10-12-8-13-6-7-14(9-12)17-13;/h2-5,12-14,17H,6-10H2,1H3,(H,18,19);1H. The van der Waals surface area contributed by atoms with Gasteiger partial charge in [0.2, 0.25) is 5.91 Å². The Kier molecular flexibility index (Phi) is 5.06. The van der Waals surface area contributed by atoms with Gasteiger partial charge in [-0.05, 0) is 50.2 Å². The summed E-state index contributed by atoms with van der Waals surface area (Å²) >= 11 is 0. The molecule has 0 aromatic heterocycles. The van der Waals surface area contributed by atoms with Crippen molar-refractivity contribution in [2.24, 2.45) is 5.92 Å². The van der Waals surface area contributed by atoms with Gasteiger partial charge >= 0.3 is 0 Å². The zero-order chi connectivity index (χ0) is 13.2. The maximum absolute atomic E-state index is 12.1. The van der Waals surface area contributed by atoms with Gasteiger partial charge in [0.05, 0.1) is 0 Å². The second-order valence-electron chi connectivity index (χ2n) is 6.04. The molecule has 1 aromatic rings. The van der Waals surface area contributed by atoms with Crippen LogP contribution in [0.5, 0.6) is 0 Å². The zero-order valence-corrected chi connectivity index (χ0v) is 12.7. The Balaban J connectivity index is 0.00000147. The number of nitrogens with one attached hydrogen (secondary N) is 2. The Labute approximate surface area is 126 Å². The Morgan fingerprint density at radius 1 is 1.25 bits per heavy atom. The van der Waals surface area contributed by atoms with Gasteiger partial charge in [-0.3, -0.25) is 4.79 Å². The smallest absolute Gasteiger partial charge is 0.224 e. The fraction of sp³-hybridized carbons (Fsp3) is 0.562. The molecule has 2 unspecified atom stereocenters. The monoisotopic (exact) mass is 294 g/mol. The number of carbonyl (C=O) groups is 1. The number of aryl methyl sites for hydroxylation is 1. The number of hydrogen-bond acceptors (Lipinski definition) is 2. The van der Waals surface area contributed by atoms with Crippen LogP contribution < -0.4 is 10.6 Å². The van der Waals surface area contributed by atoms with E-state index in [0.717, 1.165) is 24.1 Å². The number of piperidine rings is 1. The molecule has 2 heterocycles. The minimum atomic E-state index is 0. The van der Waals surface area contributed by atoms with E-state index in [0.29, 0.717) is 24.4 Å². The molecule has 2 N–H and O–H groups in total. The van der Waals surface area contributed by atoms with Crippen molar-refractivity contribution in [1.82, 2.24) is 5.32 Å². The van der Waals surface area contributed by atoms with Crippen molar-refractivity contribution in [3.8, 4) is 0 Å². The third-order valence-corrected chi connectivity index (χ3v) is 4.46. The van der Waals surface area contributed by atoms with E-state index >= 15 is 0 Å². The molecule has 20 heavy (non-hydrogen) atoms. The Morgan fingerprint density at radius 3 is 2.55 bits per heavy atom. The number of para-hydroxylation sites is 1. The predicted octanol–water partition coefficient (Wildman–Crippen LogP) is 3.28. The van der Waals surface area contributed by atoms with Crippen molar-refractivity contribution in [3.63, 3.8) is 0 Å². The maximum atomic E-state index is 12.1. The van der Waals surface area contributed by atoms with Crippen molar-refractivity contribution in [2.45, 2.75) is 51.1 Å². The van der Waals surface area contributed by atoms with Crippen LogP contribution in [0.2, 0.25) is 0 Å². The number of hydrogen-bond donors (Lipinski definition) is 2. The molecule has 2 aliphatic rings. The van der Waals surface area contributed by atoms with Crippen LogP contribution in [0.1, 0.15) is 37.7 Å².